The van der Waals surface area contributed by atoms with E-state index in [9.17, 15) is 13.2 Å². The highest BCUT2D eigenvalue weighted by Crippen LogP contribution is 2.31. The summed E-state index contributed by atoms with van der Waals surface area (Å²) >= 11 is 2.57. The number of nitrogen functional groups attached to an aromatic ring is 1. The van der Waals surface area contributed by atoms with Crippen molar-refractivity contribution in [2.45, 2.75) is 39.3 Å². The van der Waals surface area contributed by atoms with Gasteiger partial charge in [-0.3, -0.25) is 0 Å². The molecule has 5 rings (SSSR count). The van der Waals surface area contributed by atoms with Gasteiger partial charge >= 0.3 is 6.18 Å². The molecule has 2 aromatic carbocycles. The molecule has 1 aliphatic heterocycles. The number of alkyl halides is 3. The topological polar surface area (TPSA) is 106 Å². The summed E-state index contributed by atoms with van der Waals surface area (Å²) in [4.78, 5) is 2.44. The largest absolute Gasteiger partial charge is 0.395 e. The van der Waals surface area contributed by atoms with E-state index in [0.29, 0.717) is 5.69 Å². The van der Waals surface area contributed by atoms with E-state index in [0.717, 1.165) is 52.6 Å². The normalized spacial score (nSPS) is 13.8. The van der Waals surface area contributed by atoms with E-state index in [1.165, 1.54) is 22.8 Å². The smallest absolute Gasteiger partial charge is 0.363 e. The fraction of sp³-hybridized carbons (Fsp3) is 0.308. The monoisotopic (exact) mass is 588 g/mol. The van der Waals surface area contributed by atoms with Crippen LogP contribution in [0.3, 0.4) is 0 Å². The highest BCUT2D eigenvalue weighted by atomic mass is 32.1. The Morgan fingerprint density at radius 2 is 1.68 bits per heavy atom. The number of hydrazine groups is 1. The highest BCUT2D eigenvalue weighted by molar-refractivity contribution is 7.19. The summed E-state index contributed by atoms with van der Waals surface area (Å²) < 4.78 is 37.5. The first-order valence-corrected chi connectivity index (χ1v) is 14.3. The number of rotatable bonds is 10. The first-order chi connectivity index (χ1) is 19.2. The van der Waals surface area contributed by atoms with Crippen LogP contribution in [0, 0.1) is 13.8 Å². The van der Waals surface area contributed by atoms with Gasteiger partial charge in [-0.1, -0.05) is 22.7 Å². The minimum atomic E-state index is -4.33. The first kappa shape index (κ1) is 27.8. The lowest BCUT2D eigenvalue weighted by Gasteiger charge is -2.14. The third-order valence-corrected chi connectivity index (χ3v) is 8.13. The molecule has 5 N–H and O–H groups in total. The second kappa shape index (κ2) is 12.2. The Bertz CT molecular complexity index is 1480. The molecule has 2 aromatic heterocycles. The molecule has 3 heterocycles. The summed E-state index contributed by atoms with van der Waals surface area (Å²) in [6, 6.07) is 16.0. The second-order valence-corrected chi connectivity index (χ2v) is 11.5. The summed E-state index contributed by atoms with van der Waals surface area (Å²) in [6.07, 6.45) is -2.92. The van der Waals surface area contributed by atoms with Crippen molar-refractivity contribution in [1.29, 1.82) is 0 Å². The fourth-order valence-electron chi connectivity index (χ4n) is 4.19. The van der Waals surface area contributed by atoms with Crippen LogP contribution in [0.25, 0.3) is 0 Å². The number of nitrogens with two attached hydrogens (primary N) is 1. The van der Waals surface area contributed by atoms with Crippen LogP contribution >= 0.6 is 22.7 Å². The highest BCUT2D eigenvalue weighted by Gasteiger charge is 2.29. The summed E-state index contributed by atoms with van der Waals surface area (Å²) in [7, 11) is 0. The van der Waals surface area contributed by atoms with Crippen molar-refractivity contribution in [1.82, 2.24) is 10.2 Å². The Hall–Kier alpha value is -3.75. The minimum Gasteiger partial charge on any atom is -0.363 e. The van der Waals surface area contributed by atoms with E-state index in [2.05, 4.69) is 59.8 Å². The average Bonchev–Trinajstić information content (AvgIpc) is 3.68. The Labute approximate surface area is 237 Å². The number of nitrogens with one attached hydrogen (secondary N) is 3. The Balaban J connectivity index is 1.13. The maximum Gasteiger partial charge on any atom is 0.395 e. The molecule has 0 unspecified atom stereocenters. The molecule has 0 bridgehead atoms. The van der Waals surface area contributed by atoms with Gasteiger partial charge in [-0.2, -0.15) is 13.2 Å². The van der Waals surface area contributed by atoms with Crippen LogP contribution in [-0.2, 0) is 6.42 Å². The molecule has 0 aliphatic carbocycles. The molecule has 1 aliphatic rings. The molecule has 1 saturated heterocycles. The molecule has 0 spiro atoms. The van der Waals surface area contributed by atoms with Crippen LogP contribution in [-0.4, -0.2) is 29.5 Å². The van der Waals surface area contributed by atoms with Gasteiger partial charge in [0.15, 0.2) is 0 Å². The van der Waals surface area contributed by atoms with Crippen LogP contribution in [0.1, 0.15) is 29.0 Å². The van der Waals surface area contributed by atoms with Crippen molar-refractivity contribution in [2.24, 2.45) is 10.2 Å². The number of thiophene rings is 1. The van der Waals surface area contributed by atoms with Gasteiger partial charge in [0, 0.05) is 19.2 Å². The number of benzene rings is 2. The minimum absolute atomic E-state index is 0.0794. The molecule has 40 heavy (non-hydrogen) atoms. The van der Waals surface area contributed by atoms with Crippen molar-refractivity contribution < 1.29 is 18.6 Å². The molecular weight excluding hydrogens is 559 g/mol. The molecule has 4 aromatic rings. The maximum atomic E-state index is 12.5. The molecular formula is C26H29F3N9S2+. The number of quaternary nitrogens is 1. The SMILES string of the molecule is Cc1cc(NNc2ccc(N[NH2+]c3ccc(N4CCCC4)s3)cc2C)ccc1N=Nc1nnc(CC(F)(F)F)s1. The summed E-state index contributed by atoms with van der Waals surface area (Å²) in [6.45, 7) is 6.20. The van der Waals surface area contributed by atoms with Gasteiger partial charge in [0.1, 0.15) is 5.01 Å². The van der Waals surface area contributed by atoms with Crippen molar-refractivity contribution in [3.8, 4) is 0 Å². The lowest BCUT2D eigenvalue weighted by Crippen LogP contribution is -2.82. The second-order valence-electron chi connectivity index (χ2n) is 9.41. The van der Waals surface area contributed by atoms with Crippen molar-refractivity contribution >= 4 is 60.6 Å². The number of anilines is 4. The summed E-state index contributed by atoms with van der Waals surface area (Å²) in [5.41, 5.74) is 17.1. The van der Waals surface area contributed by atoms with Crippen LogP contribution in [0.4, 0.5) is 51.1 Å². The zero-order chi connectivity index (χ0) is 28.1. The molecule has 0 saturated carbocycles. The number of hydrogen-bond acceptors (Lipinski definition) is 10. The van der Waals surface area contributed by atoms with Crippen LogP contribution in [0.15, 0.2) is 58.8 Å². The van der Waals surface area contributed by atoms with E-state index in [1.807, 2.05) is 43.5 Å². The quantitative estimate of drug-likeness (QED) is 0.0903. The first-order valence-electron chi connectivity index (χ1n) is 12.7. The third-order valence-electron chi connectivity index (χ3n) is 6.23. The predicted octanol–water partition coefficient (Wildman–Crippen LogP) is 7.00. The van der Waals surface area contributed by atoms with E-state index in [4.69, 9.17) is 0 Å². The average molecular weight is 589 g/mol. The number of aromatic nitrogens is 2. The van der Waals surface area contributed by atoms with Crippen LogP contribution < -0.4 is 26.6 Å². The fourth-order valence-corrected chi connectivity index (χ4v) is 5.82. The van der Waals surface area contributed by atoms with Crippen molar-refractivity contribution in [3.05, 3.63) is 64.7 Å². The van der Waals surface area contributed by atoms with Crippen LogP contribution in [0.5, 0.6) is 0 Å². The molecule has 210 valence electrons. The summed E-state index contributed by atoms with van der Waals surface area (Å²) in [5, 5.41) is 17.7. The Kier molecular flexibility index (Phi) is 8.47. The number of nitrogens with zero attached hydrogens (tertiary/aromatic N) is 5. The lowest BCUT2D eigenvalue weighted by molar-refractivity contribution is -0.534. The zero-order valence-corrected chi connectivity index (χ0v) is 23.6. The number of azo groups is 1. The number of hydrogen-bond donors (Lipinski definition) is 4. The van der Waals surface area contributed by atoms with E-state index >= 15 is 0 Å². The predicted molar refractivity (Wildman–Crippen MR) is 154 cm³/mol. The molecule has 14 heteroatoms. The van der Waals surface area contributed by atoms with Gasteiger partial charge in [-0.15, -0.1) is 20.4 Å². The molecule has 0 amide bonds. The zero-order valence-electron chi connectivity index (χ0n) is 21.9. The number of halogens is 3. The van der Waals surface area contributed by atoms with Gasteiger partial charge in [-0.05, 0) is 80.3 Å². The molecule has 0 atom stereocenters. The standard InChI is InChI=1S/C26H28F3N9S2/c1-16-14-19(31-34-22-9-10-24(39-22)38-11-3-4-12-38)6-7-20(16)32-30-18-5-8-21(17(2)13-18)33-36-25-37-35-23(40-25)15-26(27,28)29/h5-10,13-14,30-32,34H,3-4,11-12,15H2,1-2H3/p+1. The summed E-state index contributed by atoms with van der Waals surface area (Å²) in [5.74, 6) is 0. The van der Waals surface area contributed by atoms with Gasteiger partial charge in [0.2, 0.25) is 5.00 Å². The van der Waals surface area contributed by atoms with Gasteiger partial charge < -0.3 is 15.8 Å². The Morgan fingerprint density at radius 3 is 2.42 bits per heavy atom. The van der Waals surface area contributed by atoms with E-state index in [-0.39, 0.29) is 10.1 Å². The molecule has 0 radical (unpaired) electrons. The van der Waals surface area contributed by atoms with Gasteiger partial charge in [0.25, 0.3) is 5.13 Å². The van der Waals surface area contributed by atoms with Crippen LogP contribution in [0.2, 0.25) is 0 Å². The number of aryl methyl sites for hydroxylation is 2. The lowest BCUT2D eigenvalue weighted by atomic mass is 10.2. The van der Waals surface area contributed by atoms with Gasteiger partial charge in [-0.25, -0.2) is 10.9 Å². The van der Waals surface area contributed by atoms with E-state index < -0.39 is 12.6 Å². The van der Waals surface area contributed by atoms with E-state index in [1.54, 1.807) is 17.4 Å². The van der Waals surface area contributed by atoms with Gasteiger partial charge in [0.05, 0.1) is 34.2 Å². The molecule has 9 nitrogen and oxygen atoms in total. The third kappa shape index (κ3) is 7.46. The van der Waals surface area contributed by atoms with Crippen molar-refractivity contribution in [2.75, 3.05) is 34.3 Å². The maximum absolute atomic E-state index is 12.5. The Morgan fingerprint density at radius 1 is 0.900 bits per heavy atom. The molecule has 1 fully saturated rings. The van der Waals surface area contributed by atoms with Crippen molar-refractivity contribution in [3.63, 3.8) is 0 Å².